The van der Waals surface area contributed by atoms with Gasteiger partial charge in [-0.15, -0.1) is 11.3 Å². The van der Waals surface area contributed by atoms with Crippen LogP contribution in [0.2, 0.25) is 0 Å². The van der Waals surface area contributed by atoms with Crippen molar-refractivity contribution in [2.45, 2.75) is 19.3 Å². The Kier molecular flexibility index (Phi) is 2.82. The van der Waals surface area contributed by atoms with Gasteiger partial charge in [0, 0.05) is 29.0 Å². The van der Waals surface area contributed by atoms with Gasteiger partial charge >= 0.3 is 0 Å². The highest BCUT2D eigenvalue weighted by atomic mass is 32.1. The van der Waals surface area contributed by atoms with Crippen LogP contribution >= 0.6 is 11.3 Å². The first-order valence-electron chi connectivity index (χ1n) is 7.06. The number of hydrogen-bond acceptors (Lipinski definition) is 3. The molecule has 5 heteroatoms. The lowest BCUT2D eigenvalue weighted by Crippen LogP contribution is -2.11. The van der Waals surface area contributed by atoms with Crippen molar-refractivity contribution in [1.29, 1.82) is 0 Å². The van der Waals surface area contributed by atoms with Gasteiger partial charge < -0.3 is 4.57 Å². The van der Waals surface area contributed by atoms with Crippen LogP contribution in [-0.4, -0.2) is 15.5 Å². The van der Waals surface area contributed by atoms with Crippen molar-refractivity contribution in [2.75, 3.05) is 5.32 Å². The van der Waals surface area contributed by atoms with E-state index in [0.29, 0.717) is 5.56 Å². The van der Waals surface area contributed by atoms with E-state index in [2.05, 4.69) is 10.3 Å². The van der Waals surface area contributed by atoms with Gasteiger partial charge in [0.05, 0.1) is 11.3 Å². The number of para-hydroxylation sites is 1. The summed E-state index contributed by atoms with van der Waals surface area (Å²) in [5.41, 5.74) is 2.92. The number of amides is 1. The molecule has 1 aromatic carbocycles. The number of anilines is 1. The molecule has 0 atom stereocenters. The van der Waals surface area contributed by atoms with Crippen molar-refractivity contribution in [1.82, 2.24) is 9.55 Å². The number of aromatic nitrogens is 2. The Bertz CT molecular complexity index is 825. The highest BCUT2D eigenvalue weighted by Gasteiger charge is 2.19. The molecule has 1 aliphatic rings. The Balaban J connectivity index is 1.67. The normalized spacial score (nSPS) is 13.6. The van der Waals surface area contributed by atoms with E-state index >= 15 is 0 Å². The second-order valence-corrected chi connectivity index (χ2v) is 6.45. The smallest absolute Gasteiger partial charge is 0.259 e. The summed E-state index contributed by atoms with van der Waals surface area (Å²) >= 11 is 1.61. The van der Waals surface area contributed by atoms with Crippen LogP contribution in [-0.2, 0) is 19.9 Å². The fraction of sp³-hybridized carbons (Fsp3) is 0.250. The summed E-state index contributed by atoms with van der Waals surface area (Å²) in [6.07, 6.45) is 5.19. The highest BCUT2D eigenvalue weighted by Crippen LogP contribution is 2.31. The number of thiazole rings is 1. The van der Waals surface area contributed by atoms with Gasteiger partial charge in [0.25, 0.3) is 5.91 Å². The van der Waals surface area contributed by atoms with Crippen LogP contribution in [0.4, 0.5) is 5.13 Å². The number of carbonyl (C=O) groups is 1. The molecule has 0 unspecified atom stereocenters. The molecule has 0 bridgehead atoms. The third-order valence-corrected chi connectivity index (χ3v) is 5.03. The maximum atomic E-state index is 12.5. The van der Waals surface area contributed by atoms with Crippen LogP contribution in [0.25, 0.3) is 10.9 Å². The number of aryl methyl sites for hydroxylation is 3. The number of rotatable bonds is 2. The average Bonchev–Trinajstić information content (AvgIpc) is 3.13. The van der Waals surface area contributed by atoms with Crippen LogP contribution in [0.5, 0.6) is 0 Å². The number of nitrogens with zero attached hydrogens (tertiary/aromatic N) is 2. The first kappa shape index (κ1) is 12.6. The van der Waals surface area contributed by atoms with Crippen molar-refractivity contribution in [3.8, 4) is 0 Å². The number of hydrogen-bond donors (Lipinski definition) is 1. The second-order valence-electron chi connectivity index (χ2n) is 5.37. The van der Waals surface area contributed by atoms with Crippen molar-refractivity contribution < 1.29 is 4.79 Å². The van der Waals surface area contributed by atoms with E-state index in [-0.39, 0.29) is 5.91 Å². The van der Waals surface area contributed by atoms with Crippen molar-refractivity contribution in [2.24, 2.45) is 7.05 Å². The first-order chi connectivity index (χ1) is 10.2. The van der Waals surface area contributed by atoms with Gasteiger partial charge in [0.1, 0.15) is 0 Å². The molecule has 4 nitrogen and oxygen atoms in total. The third kappa shape index (κ3) is 2.05. The quantitative estimate of drug-likeness (QED) is 0.788. The summed E-state index contributed by atoms with van der Waals surface area (Å²) in [5, 5.41) is 4.64. The fourth-order valence-corrected chi connectivity index (χ4v) is 3.98. The molecule has 2 aromatic heterocycles. The number of carbonyl (C=O) groups excluding carboxylic acids is 1. The predicted molar refractivity (Wildman–Crippen MR) is 85.0 cm³/mol. The lowest BCUT2D eigenvalue weighted by Gasteiger charge is -2.00. The Morgan fingerprint density at radius 1 is 1.33 bits per heavy atom. The lowest BCUT2D eigenvalue weighted by molar-refractivity contribution is 0.102. The molecule has 0 fully saturated rings. The minimum Gasteiger partial charge on any atom is -0.350 e. The van der Waals surface area contributed by atoms with Gasteiger partial charge in [-0.3, -0.25) is 10.1 Å². The van der Waals surface area contributed by atoms with E-state index in [1.807, 2.05) is 42.1 Å². The molecule has 3 aromatic rings. The number of nitrogens with one attached hydrogen (secondary N) is 1. The molecule has 0 saturated heterocycles. The van der Waals surface area contributed by atoms with E-state index in [0.717, 1.165) is 34.6 Å². The van der Waals surface area contributed by atoms with Gasteiger partial charge in [-0.1, -0.05) is 18.2 Å². The van der Waals surface area contributed by atoms with E-state index < -0.39 is 0 Å². The molecule has 1 aliphatic carbocycles. The molecule has 1 N–H and O–H groups in total. The summed E-state index contributed by atoms with van der Waals surface area (Å²) in [7, 11) is 1.96. The minimum absolute atomic E-state index is 0.0841. The molecule has 0 aliphatic heterocycles. The van der Waals surface area contributed by atoms with Gasteiger partial charge in [0.15, 0.2) is 5.13 Å². The molecule has 2 heterocycles. The van der Waals surface area contributed by atoms with Crippen molar-refractivity contribution in [3.05, 3.63) is 46.6 Å². The first-order valence-corrected chi connectivity index (χ1v) is 7.88. The average molecular weight is 297 g/mol. The fourth-order valence-electron chi connectivity index (χ4n) is 2.93. The Hall–Kier alpha value is -2.14. The molecule has 106 valence electrons. The molecular formula is C16H15N3OS. The highest BCUT2D eigenvalue weighted by molar-refractivity contribution is 7.16. The third-order valence-electron chi connectivity index (χ3n) is 3.96. The van der Waals surface area contributed by atoms with Gasteiger partial charge in [0.2, 0.25) is 0 Å². The van der Waals surface area contributed by atoms with Crippen LogP contribution < -0.4 is 5.32 Å². The predicted octanol–water partition coefficient (Wildman–Crippen LogP) is 3.38. The summed E-state index contributed by atoms with van der Waals surface area (Å²) < 4.78 is 1.98. The van der Waals surface area contributed by atoms with Crippen LogP contribution in [0.15, 0.2) is 30.5 Å². The lowest BCUT2D eigenvalue weighted by atomic mass is 10.1. The van der Waals surface area contributed by atoms with Crippen LogP contribution in [0.1, 0.15) is 27.3 Å². The summed E-state index contributed by atoms with van der Waals surface area (Å²) in [6, 6.07) is 7.93. The zero-order chi connectivity index (χ0) is 14.4. The van der Waals surface area contributed by atoms with Gasteiger partial charge in [-0.2, -0.15) is 0 Å². The maximum Gasteiger partial charge on any atom is 0.259 e. The Labute approximate surface area is 126 Å². The van der Waals surface area contributed by atoms with Gasteiger partial charge in [-0.25, -0.2) is 4.98 Å². The zero-order valence-electron chi connectivity index (χ0n) is 11.7. The Morgan fingerprint density at radius 2 is 2.19 bits per heavy atom. The van der Waals surface area contributed by atoms with E-state index in [1.54, 1.807) is 11.3 Å². The van der Waals surface area contributed by atoms with Crippen molar-refractivity contribution in [3.63, 3.8) is 0 Å². The molecule has 4 rings (SSSR count). The summed E-state index contributed by atoms with van der Waals surface area (Å²) in [6.45, 7) is 0. The molecule has 21 heavy (non-hydrogen) atoms. The SMILES string of the molecule is Cn1cc(C(=O)Nc2nc3c(s2)CCC3)c2ccccc21. The molecule has 0 saturated carbocycles. The monoisotopic (exact) mass is 297 g/mol. The van der Waals surface area contributed by atoms with Crippen molar-refractivity contribution >= 4 is 33.3 Å². The Morgan fingerprint density at radius 3 is 3.05 bits per heavy atom. The molecule has 1 amide bonds. The van der Waals surface area contributed by atoms with Crippen LogP contribution in [0, 0.1) is 0 Å². The maximum absolute atomic E-state index is 12.5. The molecular weight excluding hydrogens is 282 g/mol. The van der Waals surface area contributed by atoms with Crippen LogP contribution in [0.3, 0.4) is 0 Å². The molecule has 0 spiro atoms. The molecule has 0 radical (unpaired) electrons. The topological polar surface area (TPSA) is 46.9 Å². The largest absolute Gasteiger partial charge is 0.350 e. The van der Waals surface area contributed by atoms with Gasteiger partial charge in [-0.05, 0) is 25.3 Å². The van der Waals surface area contributed by atoms with E-state index in [9.17, 15) is 4.79 Å². The summed E-state index contributed by atoms with van der Waals surface area (Å²) in [5.74, 6) is -0.0841. The number of fused-ring (bicyclic) bond motifs is 2. The minimum atomic E-state index is -0.0841. The zero-order valence-corrected chi connectivity index (χ0v) is 12.5. The summed E-state index contributed by atoms with van der Waals surface area (Å²) in [4.78, 5) is 18.4. The standard InChI is InChI=1S/C16H15N3OS/c1-19-9-11(10-5-2-3-7-13(10)19)15(20)18-16-17-12-6-4-8-14(12)21-16/h2-3,5,7,9H,4,6,8H2,1H3,(H,17,18,20). The van der Waals surface area contributed by atoms with E-state index in [4.69, 9.17) is 0 Å². The number of benzene rings is 1. The van der Waals surface area contributed by atoms with E-state index in [1.165, 1.54) is 11.3 Å². The second kappa shape index (κ2) is 4.70.